The standard InChI is InChI=1S/C15H22N2O2S2/c18-13(15(19)7-9-20-10-8-15)17-14-16-11-5-3-1-2-4-6-12(11)21-14/h19H,1-10H2,(H,16,17,18). The molecule has 0 aromatic carbocycles. The van der Waals surface area contributed by atoms with Crippen LogP contribution in [0.4, 0.5) is 5.13 Å². The Hall–Kier alpha value is -0.590. The second kappa shape index (κ2) is 6.67. The van der Waals surface area contributed by atoms with Crippen LogP contribution in [0.1, 0.15) is 49.1 Å². The van der Waals surface area contributed by atoms with Gasteiger partial charge in [0, 0.05) is 4.88 Å². The van der Waals surface area contributed by atoms with Crippen molar-refractivity contribution in [3.63, 3.8) is 0 Å². The Balaban J connectivity index is 1.69. The molecule has 0 atom stereocenters. The Morgan fingerprint density at radius 1 is 1.14 bits per heavy atom. The van der Waals surface area contributed by atoms with E-state index in [1.54, 1.807) is 23.1 Å². The van der Waals surface area contributed by atoms with Crippen LogP contribution in [0, 0.1) is 0 Å². The van der Waals surface area contributed by atoms with E-state index in [2.05, 4.69) is 10.3 Å². The summed E-state index contributed by atoms with van der Waals surface area (Å²) < 4.78 is 0. The average Bonchev–Trinajstić information content (AvgIpc) is 2.81. The highest BCUT2D eigenvalue weighted by Crippen LogP contribution is 2.31. The van der Waals surface area contributed by atoms with Crippen LogP contribution in [0.2, 0.25) is 0 Å². The third-order valence-corrected chi connectivity index (χ3v) is 6.37. The van der Waals surface area contributed by atoms with E-state index in [-0.39, 0.29) is 5.91 Å². The van der Waals surface area contributed by atoms with E-state index in [4.69, 9.17) is 0 Å². The minimum atomic E-state index is -1.20. The molecule has 0 radical (unpaired) electrons. The van der Waals surface area contributed by atoms with E-state index in [0.717, 1.165) is 30.0 Å². The van der Waals surface area contributed by atoms with Crippen molar-refractivity contribution < 1.29 is 9.90 Å². The molecule has 1 saturated heterocycles. The smallest absolute Gasteiger partial charge is 0.258 e. The molecule has 0 spiro atoms. The largest absolute Gasteiger partial charge is 0.380 e. The topological polar surface area (TPSA) is 62.2 Å². The molecule has 1 aromatic rings. The van der Waals surface area contributed by atoms with Gasteiger partial charge in [0.1, 0.15) is 5.60 Å². The van der Waals surface area contributed by atoms with Gasteiger partial charge < -0.3 is 5.11 Å². The summed E-state index contributed by atoms with van der Waals surface area (Å²) >= 11 is 3.38. The molecule has 2 aliphatic rings. The molecule has 4 nitrogen and oxygen atoms in total. The maximum atomic E-state index is 12.3. The fourth-order valence-corrected chi connectivity index (χ4v) is 5.12. The van der Waals surface area contributed by atoms with Crippen molar-refractivity contribution in [3.05, 3.63) is 10.6 Å². The number of fused-ring (bicyclic) bond motifs is 1. The summed E-state index contributed by atoms with van der Waals surface area (Å²) in [5, 5.41) is 14.0. The first kappa shape index (κ1) is 15.3. The van der Waals surface area contributed by atoms with Crippen LogP contribution in [-0.2, 0) is 17.6 Å². The van der Waals surface area contributed by atoms with Gasteiger partial charge >= 0.3 is 0 Å². The predicted molar refractivity (Wildman–Crippen MR) is 88.1 cm³/mol. The number of rotatable bonds is 2. The fraction of sp³-hybridized carbons (Fsp3) is 0.733. The number of carbonyl (C=O) groups excluding carboxylic acids is 1. The van der Waals surface area contributed by atoms with Crippen LogP contribution in [-0.4, -0.2) is 33.1 Å². The highest BCUT2D eigenvalue weighted by Gasteiger charge is 2.37. The SMILES string of the molecule is O=C(Nc1nc2c(s1)CCCCCC2)C1(O)CCSCC1. The van der Waals surface area contributed by atoms with E-state index >= 15 is 0 Å². The summed E-state index contributed by atoms with van der Waals surface area (Å²) in [6, 6.07) is 0. The van der Waals surface area contributed by atoms with Crippen molar-refractivity contribution in [3.8, 4) is 0 Å². The minimum absolute atomic E-state index is 0.274. The van der Waals surface area contributed by atoms with Crippen molar-refractivity contribution in [1.29, 1.82) is 0 Å². The van der Waals surface area contributed by atoms with Gasteiger partial charge in [-0.25, -0.2) is 4.98 Å². The summed E-state index contributed by atoms with van der Waals surface area (Å²) in [6.07, 6.45) is 8.12. The number of aromatic nitrogens is 1. The molecule has 21 heavy (non-hydrogen) atoms. The predicted octanol–water partition coefficient (Wildman–Crippen LogP) is 3.00. The highest BCUT2D eigenvalue weighted by atomic mass is 32.2. The number of amides is 1. The lowest BCUT2D eigenvalue weighted by atomic mass is 9.96. The number of aryl methyl sites for hydroxylation is 2. The third-order valence-electron chi connectivity index (χ3n) is 4.31. The van der Waals surface area contributed by atoms with Crippen LogP contribution in [0.5, 0.6) is 0 Å². The number of thiazole rings is 1. The molecule has 0 unspecified atom stereocenters. The number of nitrogens with one attached hydrogen (secondary N) is 1. The first-order valence-corrected chi connectivity index (χ1v) is 9.75. The summed E-state index contributed by atoms with van der Waals surface area (Å²) in [7, 11) is 0. The van der Waals surface area contributed by atoms with Crippen LogP contribution in [0.3, 0.4) is 0 Å². The van der Waals surface area contributed by atoms with E-state index in [9.17, 15) is 9.90 Å². The third kappa shape index (κ3) is 3.60. The lowest BCUT2D eigenvalue weighted by Crippen LogP contribution is -2.45. The van der Waals surface area contributed by atoms with Crippen LogP contribution in [0.25, 0.3) is 0 Å². The quantitative estimate of drug-likeness (QED) is 0.877. The Kier molecular flexibility index (Phi) is 4.86. The lowest BCUT2D eigenvalue weighted by molar-refractivity contribution is -0.134. The second-order valence-corrected chi connectivity index (χ2v) is 8.21. The summed E-state index contributed by atoms with van der Waals surface area (Å²) in [5.41, 5.74) is -0.0493. The van der Waals surface area contributed by atoms with Gasteiger partial charge in [-0.15, -0.1) is 11.3 Å². The average molecular weight is 326 g/mol. The summed E-state index contributed by atoms with van der Waals surface area (Å²) in [4.78, 5) is 18.2. The molecule has 1 amide bonds. The van der Waals surface area contributed by atoms with Crippen molar-refractivity contribution in [2.75, 3.05) is 16.8 Å². The zero-order valence-electron chi connectivity index (χ0n) is 12.2. The van der Waals surface area contributed by atoms with Gasteiger partial charge in [0.2, 0.25) is 0 Å². The van der Waals surface area contributed by atoms with Gasteiger partial charge in [0.05, 0.1) is 5.69 Å². The Morgan fingerprint density at radius 3 is 2.62 bits per heavy atom. The Bertz CT molecular complexity index is 484. The molecule has 116 valence electrons. The maximum Gasteiger partial charge on any atom is 0.258 e. The van der Waals surface area contributed by atoms with Crippen LogP contribution in [0.15, 0.2) is 0 Å². The minimum Gasteiger partial charge on any atom is -0.380 e. The normalized spacial score (nSPS) is 22.0. The maximum absolute atomic E-state index is 12.3. The lowest BCUT2D eigenvalue weighted by Gasteiger charge is -2.29. The zero-order valence-corrected chi connectivity index (χ0v) is 13.8. The van der Waals surface area contributed by atoms with Crippen LogP contribution < -0.4 is 5.32 Å². The number of hydrogen-bond donors (Lipinski definition) is 2. The Labute approximate surface area is 133 Å². The van der Waals surface area contributed by atoms with E-state index in [1.807, 2.05) is 0 Å². The number of thioether (sulfide) groups is 1. The first-order valence-electron chi connectivity index (χ1n) is 7.77. The highest BCUT2D eigenvalue weighted by molar-refractivity contribution is 7.99. The molecule has 2 N–H and O–H groups in total. The van der Waals surface area contributed by atoms with Gasteiger partial charge in [-0.3, -0.25) is 10.1 Å². The van der Waals surface area contributed by atoms with Crippen LogP contribution >= 0.6 is 23.1 Å². The molecule has 0 saturated carbocycles. The number of hydrogen-bond acceptors (Lipinski definition) is 5. The number of carbonyl (C=O) groups is 1. The summed E-state index contributed by atoms with van der Waals surface area (Å²) in [5.74, 6) is 1.42. The molecule has 1 fully saturated rings. The summed E-state index contributed by atoms with van der Waals surface area (Å²) in [6.45, 7) is 0. The van der Waals surface area contributed by atoms with Crippen molar-refractivity contribution in [2.45, 2.75) is 57.0 Å². The first-order chi connectivity index (χ1) is 10.2. The molecule has 1 aromatic heterocycles. The van der Waals surface area contributed by atoms with Crippen molar-refractivity contribution >= 4 is 34.1 Å². The van der Waals surface area contributed by atoms with Crippen molar-refractivity contribution in [2.24, 2.45) is 0 Å². The fourth-order valence-electron chi connectivity index (χ4n) is 2.91. The number of aliphatic hydroxyl groups is 1. The molecule has 1 aliphatic heterocycles. The monoisotopic (exact) mass is 326 g/mol. The van der Waals surface area contributed by atoms with E-state index < -0.39 is 5.60 Å². The van der Waals surface area contributed by atoms with Gasteiger partial charge in [-0.05, 0) is 50.0 Å². The van der Waals surface area contributed by atoms with Crippen molar-refractivity contribution in [1.82, 2.24) is 4.98 Å². The van der Waals surface area contributed by atoms with Gasteiger partial charge in [0.15, 0.2) is 5.13 Å². The van der Waals surface area contributed by atoms with Gasteiger partial charge in [-0.1, -0.05) is 12.8 Å². The van der Waals surface area contributed by atoms with Gasteiger partial charge in [-0.2, -0.15) is 11.8 Å². The zero-order chi connectivity index (χ0) is 14.7. The molecule has 1 aliphatic carbocycles. The van der Waals surface area contributed by atoms with E-state index in [1.165, 1.54) is 30.6 Å². The molecule has 3 rings (SSSR count). The molecule has 6 heteroatoms. The number of anilines is 1. The molecule has 0 bridgehead atoms. The van der Waals surface area contributed by atoms with E-state index in [0.29, 0.717) is 18.0 Å². The molecule has 2 heterocycles. The number of nitrogens with zero attached hydrogens (tertiary/aromatic N) is 1. The molecular formula is C15H22N2O2S2. The molecular weight excluding hydrogens is 304 g/mol. The Morgan fingerprint density at radius 2 is 1.86 bits per heavy atom. The van der Waals surface area contributed by atoms with Gasteiger partial charge in [0.25, 0.3) is 5.91 Å². The second-order valence-electron chi connectivity index (χ2n) is 5.90.